The molecule has 0 spiro atoms. The maximum absolute atomic E-state index is 13.7. The second kappa shape index (κ2) is 17.2. The Hall–Kier alpha value is -7.02. The van der Waals surface area contributed by atoms with Crippen LogP contribution in [0, 0.1) is 12.3 Å². The van der Waals surface area contributed by atoms with Gasteiger partial charge in [0, 0.05) is 78.8 Å². The number of carbonyl (C=O) groups excluding carboxylic acids is 2. The number of hydrogen-bond acceptors (Lipinski definition) is 10. The number of aryl methyl sites for hydroxylation is 1. The number of nitrogen functional groups attached to an aromatic ring is 1. The van der Waals surface area contributed by atoms with Gasteiger partial charge in [-0.05, 0) is 155 Å². The van der Waals surface area contributed by atoms with Crippen LogP contribution in [0.2, 0.25) is 13.1 Å². The number of nitrogens with two attached hydrogens (primary N) is 1. The van der Waals surface area contributed by atoms with Crippen molar-refractivity contribution < 1.29 is 23.6 Å². The van der Waals surface area contributed by atoms with Crippen LogP contribution < -0.4 is 36.8 Å². The number of carbonyl (C=O) groups is 2. The van der Waals surface area contributed by atoms with Crippen molar-refractivity contribution in [2.45, 2.75) is 57.8 Å². The van der Waals surface area contributed by atoms with E-state index in [0.29, 0.717) is 39.5 Å². The molecule has 1 fully saturated rings. The van der Waals surface area contributed by atoms with Gasteiger partial charge < -0.3 is 35.4 Å². The number of fused-ring (bicyclic) bond motifs is 4. The van der Waals surface area contributed by atoms with Gasteiger partial charge in [-0.1, -0.05) is 31.3 Å². The molecule has 2 heterocycles. The molecule has 0 radical (unpaired) electrons. The summed E-state index contributed by atoms with van der Waals surface area (Å²) in [6.45, 7) is 6.71. The number of benzene rings is 5. The lowest BCUT2D eigenvalue weighted by atomic mass is 9.87. The second-order valence-corrected chi connectivity index (χ2v) is 22.3. The first-order valence-corrected chi connectivity index (χ1v) is 25.1. The molecule has 65 heavy (non-hydrogen) atoms. The summed E-state index contributed by atoms with van der Waals surface area (Å²) in [4.78, 5) is 39.7. The molecule has 2 aliphatic heterocycles. The largest absolute Gasteiger partial charge is 0.465 e. The van der Waals surface area contributed by atoms with Crippen molar-refractivity contribution in [1.29, 1.82) is 5.41 Å². The van der Waals surface area contributed by atoms with Crippen LogP contribution in [-0.4, -0.2) is 66.0 Å². The Bertz CT molecular complexity index is 3080. The van der Waals surface area contributed by atoms with Gasteiger partial charge in [0.05, 0.1) is 23.7 Å². The number of anilines is 2. The van der Waals surface area contributed by atoms with Gasteiger partial charge >= 0.3 is 5.97 Å². The number of methoxy groups -OCH3 is 1. The first kappa shape index (κ1) is 43.2. The van der Waals surface area contributed by atoms with Crippen LogP contribution in [-0.2, 0) is 4.74 Å². The Morgan fingerprint density at radius 2 is 1.60 bits per heavy atom. The molecule has 12 heteroatoms. The molecule has 1 saturated carbocycles. The van der Waals surface area contributed by atoms with Crippen LogP contribution in [0.3, 0.4) is 0 Å². The first-order chi connectivity index (χ1) is 31.2. The number of allylic oxidation sites excluding steroid dienone is 5. The van der Waals surface area contributed by atoms with E-state index >= 15 is 0 Å². The molecule has 9 rings (SSSR count). The predicted octanol–water partition coefficient (Wildman–Crippen LogP) is 8.89. The third kappa shape index (κ3) is 8.08. The van der Waals surface area contributed by atoms with Crippen molar-refractivity contribution in [2.75, 3.05) is 38.9 Å². The topological polar surface area (TPSA) is 155 Å². The monoisotopic (exact) mass is 882 g/mol. The molecule has 0 atom stereocenters. The second-order valence-electron chi connectivity index (χ2n) is 18.0. The summed E-state index contributed by atoms with van der Waals surface area (Å²) >= 11 is 0. The number of esters is 1. The maximum Gasteiger partial charge on any atom is 0.338 e. The molecular formula is C53H54N6O5Si. The first-order valence-electron chi connectivity index (χ1n) is 22.1. The molecular weight excluding hydrogens is 829 g/mol. The van der Waals surface area contributed by atoms with Gasteiger partial charge in [-0.25, -0.2) is 4.79 Å². The molecule has 0 saturated heterocycles. The molecule has 0 bridgehead atoms. The molecule has 1 amide bonds. The lowest BCUT2D eigenvalue weighted by molar-refractivity contribution is 0.0599. The van der Waals surface area contributed by atoms with Gasteiger partial charge in [0.1, 0.15) is 25.2 Å². The van der Waals surface area contributed by atoms with Gasteiger partial charge in [-0.2, -0.15) is 5.48 Å². The normalized spacial score (nSPS) is 18.0. The van der Waals surface area contributed by atoms with Crippen LogP contribution in [0.15, 0.2) is 129 Å². The summed E-state index contributed by atoms with van der Waals surface area (Å²) < 4.78 is 11.8. The van der Waals surface area contributed by atoms with Crippen LogP contribution in [0.4, 0.5) is 11.4 Å². The molecule has 11 nitrogen and oxygen atoms in total. The van der Waals surface area contributed by atoms with E-state index in [1.54, 1.807) is 13.1 Å². The van der Waals surface area contributed by atoms with E-state index in [1.165, 1.54) is 23.1 Å². The number of amides is 1. The Labute approximate surface area is 380 Å². The molecule has 330 valence electrons. The van der Waals surface area contributed by atoms with Gasteiger partial charge in [-0.3, -0.25) is 9.79 Å². The summed E-state index contributed by atoms with van der Waals surface area (Å²) in [6.07, 6.45) is 9.11. The van der Waals surface area contributed by atoms with E-state index in [9.17, 15) is 9.59 Å². The van der Waals surface area contributed by atoms with Crippen molar-refractivity contribution in [3.8, 4) is 28.2 Å². The number of ether oxygens (including phenoxy) is 1. The number of nitrogens with one attached hydrogen (secondary N) is 3. The summed E-state index contributed by atoms with van der Waals surface area (Å²) in [5.74, 6) is 0.553. The van der Waals surface area contributed by atoms with Gasteiger partial charge in [0.2, 0.25) is 0 Å². The lowest BCUT2D eigenvalue weighted by Crippen LogP contribution is -2.49. The minimum absolute atomic E-state index is 0.0204. The Balaban J connectivity index is 0.888. The maximum atomic E-state index is 13.7. The fraction of sp³-hybridized carbons (Fsp3) is 0.245. The smallest absolute Gasteiger partial charge is 0.338 e. The third-order valence-electron chi connectivity index (χ3n) is 13.2. The fourth-order valence-electron chi connectivity index (χ4n) is 9.68. The minimum Gasteiger partial charge on any atom is -0.465 e. The van der Waals surface area contributed by atoms with Crippen molar-refractivity contribution in [3.05, 3.63) is 153 Å². The summed E-state index contributed by atoms with van der Waals surface area (Å²) in [6, 6.07) is 29.6. The van der Waals surface area contributed by atoms with Crippen LogP contribution in [0.25, 0.3) is 39.0 Å². The quantitative estimate of drug-likeness (QED) is 0.0369. The van der Waals surface area contributed by atoms with Crippen molar-refractivity contribution in [1.82, 2.24) is 10.8 Å². The predicted molar refractivity (Wildman–Crippen MR) is 263 cm³/mol. The van der Waals surface area contributed by atoms with Crippen molar-refractivity contribution in [2.24, 2.45) is 4.99 Å². The number of nitrogens with zero attached hydrogens (tertiary/aromatic N) is 2. The summed E-state index contributed by atoms with van der Waals surface area (Å²) in [7, 11) is 4.95. The average Bonchev–Trinajstić information content (AvgIpc) is 3.30. The minimum atomic E-state index is -2.13. The van der Waals surface area contributed by atoms with Gasteiger partial charge in [0.15, 0.2) is 0 Å². The van der Waals surface area contributed by atoms with E-state index in [4.69, 9.17) is 25.1 Å². The number of hydrogen-bond donors (Lipinski definition) is 4. The third-order valence-corrected chi connectivity index (χ3v) is 16.8. The van der Waals surface area contributed by atoms with E-state index in [-0.39, 0.29) is 18.0 Å². The van der Waals surface area contributed by atoms with E-state index < -0.39 is 14.0 Å². The van der Waals surface area contributed by atoms with Crippen LogP contribution >= 0.6 is 0 Å². The number of rotatable bonds is 9. The highest BCUT2D eigenvalue weighted by molar-refractivity contribution is 6.98. The Morgan fingerprint density at radius 1 is 0.862 bits per heavy atom. The SMILES string of the molecule is C/N=c1/ccc2c(-c3ccc(ONC4CCC(NC(=O)c5ccc(C6=C7C=CC(=N)C=C7[Si](C)(C)c7cc(N)ccc76)c(C)c5)CC4)cc3C(=O)OC)c3ccc(N(C)C)cc3oc-2c1. The zero-order valence-corrected chi connectivity index (χ0v) is 38.9. The van der Waals surface area contributed by atoms with Crippen LogP contribution in [0.1, 0.15) is 63.1 Å². The molecule has 5 aliphatic rings. The zero-order valence-electron chi connectivity index (χ0n) is 37.9. The molecule has 4 aromatic rings. The van der Waals surface area contributed by atoms with Crippen molar-refractivity contribution >= 4 is 58.8 Å². The highest BCUT2D eigenvalue weighted by Gasteiger charge is 2.40. The highest BCUT2D eigenvalue weighted by Crippen LogP contribution is 2.44. The van der Waals surface area contributed by atoms with Crippen LogP contribution in [0.5, 0.6) is 5.75 Å². The molecule has 0 aromatic heterocycles. The van der Waals surface area contributed by atoms with E-state index in [1.807, 2.05) is 97.9 Å². The number of hydroxylamine groups is 1. The highest BCUT2D eigenvalue weighted by atomic mass is 28.3. The lowest BCUT2D eigenvalue weighted by Gasteiger charge is -2.38. The summed E-state index contributed by atoms with van der Waals surface area (Å²) in [5.41, 5.74) is 21.3. The molecule has 3 aliphatic carbocycles. The van der Waals surface area contributed by atoms with E-state index in [2.05, 4.69) is 60.1 Å². The summed E-state index contributed by atoms with van der Waals surface area (Å²) in [5, 5.41) is 15.8. The standard InChI is InChI=1S/C53H54N6O5Si/c1-30-24-31(8-18-39(30)50-43-19-9-32(54)25-48(43)65(6,7)49-26-33(55)10-20-44(49)50)52(60)57-34-11-13-35(14-12-34)58-64-38-17-23-40(45(29-38)53(61)62-5)51-41-21-15-36(56-2)27-46(41)63-47-28-37(59(3)4)16-22-42(47)51/h8-10,15-29,34-35,54,58H,11-14,55H2,1-7H3,(H,57,60)/b54-32?,56-36-. The average molecular weight is 883 g/mol. The Morgan fingerprint density at radius 3 is 2.34 bits per heavy atom. The molecule has 4 aromatic carbocycles. The van der Waals surface area contributed by atoms with Gasteiger partial charge in [-0.15, -0.1) is 0 Å². The fourth-order valence-corrected chi connectivity index (χ4v) is 12.8. The Kier molecular flexibility index (Phi) is 11.4. The van der Waals surface area contributed by atoms with E-state index in [0.717, 1.165) is 81.2 Å². The molecule has 0 unspecified atom stereocenters. The van der Waals surface area contributed by atoms with Gasteiger partial charge in [0.25, 0.3) is 5.91 Å². The molecule has 5 N–H and O–H groups in total. The van der Waals surface area contributed by atoms with Crippen molar-refractivity contribution in [3.63, 3.8) is 0 Å². The zero-order chi connectivity index (χ0) is 45.7.